The summed E-state index contributed by atoms with van der Waals surface area (Å²) in [5.41, 5.74) is 2.10. The Labute approximate surface area is 119 Å². The molecule has 0 saturated heterocycles. The smallest absolute Gasteiger partial charge is 0.106 e. The predicted octanol–water partition coefficient (Wildman–Crippen LogP) is 4.00. The Bertz CT molecular complexity index is 707. The van der Waals surface area contributed by atoms with Gasteiger partial charge in [-0.3, -0.25) is 4.98 Å². The van der Waals surface area contributed by atoms with Gasteiger partial charge in [0.05, 0.1) is 12.2 Å². The van der Waals surface area contributed by atoms with Gasteiger partial charge in [0.1, 0.15) is 4.60 Å². The van der Waals surface area contributed by atoms with Gasteiger partial charge in [-0.15, -0.1) is 0 Å². The molecule has 0 unspecified atom stereocenters. The highest BCUT2D eigenvalue weighted by Crippen LogP contribution is 2.22. The number of nitrogens with zero attached hydrogens (tertiary/aromatic N) is 2. The number of anilines is 1. The maximum atomic E-state index is 4.41. The average molecular weight is 314 g/mol. The Morgan fingerprint density at radius 3 is 2.84 bits per heavy atom. The second-order valence-corrected chi connectivity index (χ2v) is 5.02. The van der Waals surface area contributed by atoms with Gasteiger partial charge in [-0.2, -0.15) is 0 Å². The van der Waals surface area contributed by atoms with Crippen LogP contribution < -0.4 is 5.32 Å². The Kier molecular flexibility index (Phi) is 3.42. The molecule has 94 valence electrons. The molecule has 0 saturated carbocycles. The van der Waals surface area contributed by atoms with E-state index in [1.54, 1.807) is 0 Å². The number of hydrogen-bond acceptors (Lipinski definition) is 3. The van der Waals surface area contributed by atoms with Crippen molar-refractivity contribution in [2.75, 3.05) is 5.32 Å². The molecule has 0 amide bonds. The van der Waals surface area contributed by atoms with Gasteiger partial charge in [0.2, 0.25) is 0 Å². The largest absolute Gasteiger partial charge is 0.379 e. The van der Waals surface area contributed by atoms with Crippen LogP contribution in [0.5, 0.6) is 0 Å². The molecule has 0 aliphatic rings. The minimum Gasteiger partial charge on any atom is -0.379 e. The number of nitrogens with one attached hydrogen (secondary N) is 1. The number of hydrogen-bond donors (Lipinski definition) is 1. The van der Waals surface area contributed by atoms with Crippen LogP contribution in [0.3, 0.4) is 0 Å². The van der Waals surface area contributed by atoms with Crippen molar-refractivity contribution in [3.63, 3.8) is 0 Å². The van der Waals surface area contributed by atoms with Gasteiger partial charge in [0.25, 0.3) is 0 Å². The third-order valence-electron chi connectivity index (χ3n) is 2.91. The summed E-state index contributed by atoms with van der Waals surface area (Å²) in [6.07, 6.45) is 3.68. The average Bonchev–Trinajstić information content (AvgIpc) is 2.45. The van der Waals surface area contributed by atoms with Crippen LogP contribution in [-0.2, 0) is 6.54 Å². The number of pyridine rings is 2. The van der Waals surface area contributed by atoms with Crippen LogP contribution in [-0.4, -0.2) is 9.97 Å². The van der Waals surface area contributed by atoms with Gasteiger partial charge in [0.15, 0.2) is 0 Å². The predicted molar refractivity (Wildman–Crippen MR) is 81.0 cm³/mol. The minimum atomic E-state index is 0.695. The van der Waals surface area contributed by atoms with Crippen molar-refractivity contribution >= 4 is 32.4 Å². The van der Waals surface area contributed by atoms with E-state index in [1.807, 2.05) is 42.7 Å². The molecule has 4 heteroatoms. The first kappa shape index (κ1) is 12.1. The highest BCUT2D eigenvalue weighted by atomic mass is 79.9. The topological polar surface area (TPSA) is 37.8 Å². The molecule has 0 radical (unpaired) electrons. The van der Waals surface area contributed by atoms with Crippen LogP contribution in [0.25, 0.3) is 10.8 Å². The van der Waals surface area contributed by atoms with Crippen LogP contribution >= 0.6 is 15.9 Å². The molecule has 3 nitrogen and oxygen atoms in total. The summed E-state index contributed by atoms with van der Waals surface area (Å²) in [5, 5.41) is 5.73. The number of aromatic nitrogens is 2. The fourth-order valence-corrected chi connectivity index (χ4v) is 2.39. The summed E-state index contributed by atoms with van der Waals surface area (Å²) in [4.78, 5) is 8.55. The molecule has 0 aliphatic heterocycles. The summed E-state index contributed by atoms with van der Waals surface area (Å²) in [7, 11) is 0. The lowest BCUT2D eigenvalue weighted by atomic mass is 10.1. The summed E-state index contributed by atoms with van der Waals surface area (Å²) in [6, 6.07) is 14.1. The third-order valence-corrected chi connectivity index (χ3v) is 3.36. The van der Waals surface area contributed by atoms with Crippen LogP contribution in [0.1, 0.15) is 5.69 Å². The molecule has 3 aromatic rings. The number of benzene rings is 1. The van der Waals surface area contributed by atoms with E-state index in [4.69, 9.17) is 0 Å². The Morgan fingerprint density at radius 2 is 1.95 bits per heavy atom. The second-order valence-electron chi connectivity index (χ2n) is 4.21. The number of halogens is 1. The van der Waals surface area contributed by atoms with Crippen molar-refractivity contribution < 1.29 is 0 Å². The van der Waals surface area contributed by atoms with Crippen molar-refractivity contribution in [1.29, 1.82) is 0 Å². The van der Waals surface area contributed by atoms with E-state index < -0.39 is 0 Å². The lowest BCUT2D eigenvalue weighted by Crippen LogP contribution is -2.02. The summed E-state index contributed by atoms with van der Waals surface area (Å²) in [6.45, 7) is 0.695. The number of fused-ring (bicyclic) bond motifs is 1. The van der Waals surface area contributed by atoms with Gasteiger partial charge in [-0.1, -0.05) is 18.2 Å². The Balaban J connectivity index is 1.86. The first-order valence-electron chi connectivity index (χ1n) is 6.01. The first-order valence-corrected chi connectivity index (χ1v) is 6.80. The normalized spacial score (nSPS) is 10.6. The Morgan fingerprint density at radius 1 is 1.05 bits per heavy atom. The summed E-state index contributed by atoms with van der Waals surface area (Å²) >= 11 is 3.38. The van der Waals surface area contributed by atoms with E-state index in [-0.39, 0.29) is 0 Å². The van der Waals surface area contributed by atoms with Crippen LogP contribution in [0.15, 0.2) is 59.5 Å². The van der Waals surface area contributed by atoms with Gasteiger partial charge in [-0.05, 0) is 40.2 Å². The molecule has 1 aromatic carbocycles. The van der Waals surface area contributed by atoms with Gasteiger partial charge >= 0.3 is 0 Å². The van der Waals surface area contributed by atoms with Crippen molar-refractivity contribution in [2.24, 2.45) is 0 Å². The Hall–Kier alpha value is -1.94. The van der Waals surface area contributed by atoms with Gasteiger partial charge in [-0.25, -0.2) is 4.98 Å². The summed E-state index contributed by atoms with van der Waals surface area (Å²) < 4.78 is 0.855. The molecule has 1 N–H and O–H groups in total. The quantitative estimate of drug-likeness (QED) is 0.743. The van der Waals surface area contributed by atoms with E-state index in [1.165, 1.54) is 5.39 Å². The van der Waals surface area contributed by atoms with Crippen LogP contribution in [0.4, 0.5) is 5.69 Å². The van der Waals surface area contributed by atoms with Crippen molar-refractivity contribution in [3.05, 3.63) is 65.2 Å². The maximum absolute atomic E-state index is 4.41. The van der Waals surface area contributed by atoms with E-state index in [0.717, 1.165) is 21.4 Å². The minimum absolute atomic E-state index is 0.695. The molecule has 0 bridgehead atoms. The fraction of sp³-hybridized carbons (Fsp3) is 0.0667. The zero-order valence-corrected chi connectivity index (χ0v) is 11.8. The molecule has 0 spiro atoms. The van der Waals surface area contributed by atoms with E-state index in [0.29, 0.717) is 6.54 Å². The molecule has 0 aliphatic carbocycles. The molecule has 0 fully saturated rings. The molecule has 19 heavy (non-hydrogen) atoms. The lowest BCUT2D eigenvalue weighted by molar-refractivity contribution is 1.03. The maximum Gasteiger partial charge on any atom is 0.106 e. The van der Waals surface area contributed by atoms with E-state index in [9.17, 15) is 0 Å². The second kappa shape index (κ2) is 5.36. The SMILES string of the molecule is Brc1cccc(CNc2cccc3cnccc23)n1. The van der Waals surface area contributed by atoms with Crippen molar-refractivity contribution in [3.8, 4) is 0 Å². The first-order chi connectivity index (χ1) is 9.33. The van der Waals surface area contributed by atoms with E-state index >= 15 is 0 Å². The molecule has 2 aromatic heterocycles. The zero-order valence-electron chi connectivity index (χ0n) is 10.2. The molecule has 0 atom stereocenters. The summed E-state index contributed by atoms with van der Waals surface area (Å²) in [5.74, 6) is 0. The van der Waals surface area contributed by atoms with Gasteiger partial charge < -0.3 is 5.32 Å². The lowest BCUT2D eigenvalue weighted by Gasteiger charge is -2.09. The molecule has 2 heterocycles. The third kappa shape index (κ3) is 2.74. The van der Waals surface area contributed by atoms with Crippen molar-refractivity contribution in [1.82, 2.24) is 9.97 Å². The number of rotatable bonds is 3. The van der Waals surface area contributed by atoms with Crippen LogP contribution in [0, 0.1) is 0 Å². The van der Waals surface area contributed by atoms with Crippen molar-refractivity contribution in [2.45, 2.75) is 6.54 Å². The zero-order chi connectivity index (χ0) is 13.1. The standard InChI is InChI=1S/C15H12BrN3/c16-15-6-2-4-12(19-15)10-18-14-5-1-3-11-9-17-8-7-13(11)14/h1-9,18H,10H2. The molecule has 3 rings (SSSR count). The fourth-order valence-electron chi connectivity index (χ4n) is 2.01. The van der Waals surface area contributed by atoms with Gasteiger partial charge in [0, 0.05) is 28.9 Å². The highest BCUT2D eigenvalue weighted by molar-refractivity contribution is 9.10. The molecular weight excluding hydrogens is 302 g/mol. The highest BCUT2D eigenvalue weighted by Gasteiger charge is 2.01. The monoisotopic (exact) mass is 313 g/mol. The van der Waals surface area contributed by atoms with Crippen LogP contribution in [0.2, 0.25) is 0 Å². The van der Waals surface area contributed by atoms with E-state index in [2.05, 4.69) is 43.3 Å². The molecular formula is C15H12BrN3.